The summed E-state index contributed by atoms with van der Waals surface area (Å²) in [6.07, 6.45) is -4.99. The van der Waals surface area contributed by atoms with Crippen molar-refractivity contribution in [3.05, 3.63) is 91.0 Å². The minimum absolute atomic E-state index is 0.168. The fraction of sp³-hybridized carbons (Fsp3) is 0.281. The van der Waals surface area contributed by atoms with Gasteiger partial charge >= 0.3 is 30.2 Å². The lowest BCUT2D eigenvalue weighted by Crippen LogP contribution is -2.47. The summed E-state index contributed by atoms with van der Waals surface area (Å²) in [5, 5.41) is 7.28. The highest BCUT2D eigenvalue weighted by Crippen LogP contribution is 2.13. The third kappa shape index (κ3) is 12.7. The molecule has 3 atom stereocenters. The van der Waals surface area contributed by atoms with Crippen molar-refractivity contribution in [3.8, 4) is 17.2 Å². The molecular weight excluding hydrogens is 586 g/mol. The second-order valence-corrected chi connectivity index (χ2v) is 9.35. The van der Waals surface area contributed by atoms with Crippen LogP contribution in [-0.4, -0.2) is 48.7 Å². The Labute approximate surface area is 260 Å². The lowest BCUT2D eigenvalue weighted by molar-refractivity contribution is -0.154. The maximum absolute atomic E-state index is 13.1. The van der Waals surface area contributed by atoms with Gasteiger partial charge in [-0.3, -0.25) is 15.4 Å². The number of hydrogen-bond acceptors (Lipinski definition) is 10. The number of ether oxygens (including phenoxy) is 5. The number of amides is 3. The molecule has 3 N–H and O–H groups in total. The molecule has 0 bridgehead atoms. The first-order valence-electron chi connectivity index (χ1n) is 14.3. The summed E-state index contributed by atoms with van der Waals surface area (Å²) in [6.45, 7) is 3.34. The van der Waals surface area contributed by atoms with Crippen molar-refractivity contribution >= 4 is 30.2 Å². The summed E-state index contributed by atoms with van der Waals surface area (Å²) in [4.78, 5) is 62.9. The first-order valence-corrected chi connectivity index (χ1v) is 14.3. The number of nitrogens with one attached hydrogen (secondary N) is 3. The van der Waals surface area contributed by atoms with E-state index in [0.717, 1.165) is 0 Å². The van der Waals surface area contributed by atoms with Crippen molar-refractivity contribution < 1.29 is 47.7 Å². The molecule has 3 rings (SSSR count). The van der Waals surface area contributed by atoms with Gasteiger partial charge in [0.05, 0.1) is 0 Å². The summed E-state index contributed by atoms with van der Waals surface area (Å²) in [7, 11) is 0. The van der Waals surface area contributed by atoms with Crippen LogP contribution < -0.4 is 30.2 Å². The molecule has 3 aromatic rings. The van der Waals surface area contributed by atoms with E-state index in [4.69, 9.17) is 23.7 Å². The fourth-order valence-corrected chi connectivity index (χ4v) is 3.66. The second kappa shape index (κ2) is 18.2. The van der Waals surface area contributed by atoms with E-state index in [2.05, 4.69) is 16.0 Å². The summed E-state index contributed by atoms with van der Waals surface area (Å²) in [5.74, 6) is -0.909. The molecule has 0 aliphatic heterocycles. The average molecular weight is 622 g/mol. The molecule has 0 saturated heterocycles. The van der Waals surface area contributed by atoms with Crippen LogP contribution >= 0.6 is 0 Å². The number of benzene rings is 3. The number of carbonyl (C=O) groups is 5. The summed E-state index contributed by atoms with van der Waals surface area (Å²) < 4.78 is 26.3. The topological polar surface area (TPSA) is 168 Å². The monoisotopic (exact) mass is 621 g/mol. The van der Waals surface area contributed by atoms with Crippen molar-refractivity contribution in [2.45, 2.75) is 58.0 Å². The van der Waals surface area contributed by atoms with Gasteiger partial charge in [0.2, 0.25) is 0 Å². The van der Waals surface area contributed by atoms with Crippen molar-refractivity contribution in [2.75, 3.05) is 0 Å². The lowest BCUT2D eigenvalue weighted by Gasteiger charge is -2.22. The Morgan fingerprint density at radius 2 is 0.933 bits per heavy atom. The van der Waals surface area contributed by atoms with Crippen molar-refractivity contribution in [1.82, 2.24) is 16.0 Å². The highest BCUT2D eigenvalue weighted by Gasteiger charge is 2.28. The molecule has 0 aromatic heterocycles. The van der Waals surface area contributed by atoms with Gasteiger partial charge in [0.15, 0.2) is 12.5 Å². The molecule has 13 nitrogen and oxygen atoms in total. The van der Waals surface area contributed by atoms with Crippen LogP contribution in [0.2, 0.25) is 0 Å². The Kier molecular flexibility index (Phi) is 13.7. The molecule has 3 unspecified atom stereocenters. The van der Waals surface area contributed by atoms with Crippen LogP contribution in [0.25, 0.3) is 0 Å². The number of esters is 2. The number of carbonyl (C=O) groups excluding carboxylic acids is 5. The Bertz CT molecular complexity index is 1390. The van der Waals surface area contributed by atoms with Gasteiger partial charge in [-0.15, -0.1) is 0 Å². The largest absolute Gasteiger partial charge is 0.442 e. The van der Waals surface area contributed by atoms with Gasteiger partial charge in [-0.1, -0.05) is 68.4 Å². The third-order valence-electron chi connectivity index (χ3n) is 5.91. The SMILES string of the molecule is CCC(NC(=O)Oc1ccccc1)OC(=O)CCC(NC(=O)Oc1ccccc1)C(=O)OC(CC)NC(=O)Oc1ccccc1. The van der Waals surface area contributed by atoms with Crippen molar-refractivity contribution in [2.24, 2.45) is 0 Å². The Hall–Kier alpha value is -5.59. The van der Waals surface area contributed by atoms with Crippen molar-refractivity contribution in [1.29, 1.82) is 0 Å². The molecule has 0 fully saturated rings. The van der Waals surface area contributed by atoms with E-state index >= 15 is 0 Å². The average Bonchev–Trinajstić information content (AvgIpc) is 3.03. The van der Waals surface area contributed by atoms with Gasteiger partial charge in [-0.2, -0.15) is 0 Å². The van der Waals surface area contributed by atoms with Crippen LogP contribution in [0.4, 0.5) is 14.4 Å². The molecule has 3 amide bonds. The van der Waals surface area contributed by atoms with E-state index in [9.17, 15) is 24.0 Å². The van der Waals surface area contributed by atoms with E-state index < -0.39 is 48.7 Å². The Morgan fingerprint density at radius 3 is 1.33 bits per heavy atom. The highest BCUT2D eigenvalue weighted by molar-refractivity contribution is 5.83. The zero-order valence-electron chi connectivity index (χ0n) is 24.8. The first-order chi connectivity index (χ1) is 21.7. The maximum Gasteiger partial charge on any atom is 0.415 e. The molecular formula is C32H35N3O10. The van der Waals surface area contributed by atoms with Gasteiger partial charge in [0.1, 0.15) is 23.3 Å². The minimum Gasteiger partial charge on any atom is -0.442 e. The molecule has 0 spiro atoms. The van der Waals surface area contributed by atoms with Gasteiger partial charge in [0.25, 0.3) is 0 Å². The molecule has 45 heavy (non-hydrogen) atoms. The smallest absolute Gasteiger partial charge is 0.415 e. The quantitative estimate of drug-likeness (QED) is 0.163. The van der Waals surface area contributed by atoms with Crippen LogP contribution in [0.15, 0.2) is 91.0 Å². The Balaban J connectivity index is 1.59. The predicted molar refractivity (Wildman–Crippen MR) is 160 cm³/mol. The zero-order chi connectivity index (χ0) is 32.4. The van der Waals surface area contributed by atoms with E-state index in [1.807, 2.05) is 0 Å². The van der Waals surface area contributed by atoms with E-state index in [1.165, 1.54) is 0 Å². The first kappa shape index (κ1) is 33.9. The van der Waals surface area contributed by atoms with Crippen LogP contribution in [-0.2, 0) is 19.1 Å². The minimum atomic E-state index is -1.37. The zero-order valence-corrected chi connectivity index (χ0v) is 24.8. The molecule has 0 radical (unpaired) electrons. The van der Waals surface area contributed by atoms with Gasteiger partial charge < -0.3 is 29.0 Å². The fourth-order valence-electron chi connectivity index (χ4n) is 3.66. The molecule has 3 aromatic carbocycles. The predicted octanol–water partition coefficient (Wildman–Crippen LogP) is 5.06. The van der Waals surface area contributed by atoms with Crippen LogP contribution in [0.5, 0.6) is 17.2 Å². The number of para-hydroxylation sites is 3. The summed E-state index contributed by atoms with van der Waals surface area (Å²) in [5.41, 5.74) is 0. The second-order valence-electron chi connectivity index (χ2n) is 9.35. The van der Waals surface area contributed by atoms with Gasteiger partial charge in [0, 0.05) is 19.3 Å². The maximum atomic E-state index is 13.1. The van der Waals surface area contributed by atoms with E-state index in [0.29, 0.717) is 5.75 Å². The lowest BCUT2D eigenvalue weighted by atomic mass is 10.1. The van der Waals surface area contributed by atoms with Crippen molar-refractivity contribution in [3.63, 3.8) is 0 Å². The summed E-state index contributed by atoms with van der Waals surface area (Å²) >= 11 is 0. The highest BCUT2D eigenvalue weighted by atomic mass is 16.6. The molecule has 0 heterocycles. The number of rotatable bonds is 14. The van der Waals surface area contributed by atoms with E-state index in [1.54, 1.807) is 105 Å². The third-order valence-corrected chi connectivity index (χ3v) is 5.91. The Morgan fingerprint density at radius 1 is 0.556 bits per heavy atom. The summed E-state index contributed by atoms with van der Waals surface area (Å²) in [6, 6.07) is 23.4. The number of hydrogen-bond donors (Lipinski definition) is 3. The molecule has 238 valence electrons. The molecule has 0 aliphatic carbocycles. The molecule has 13 heteroatoms. The van der Waals surface area contributed by atoms with Crippen LogP contribution in [0.1, 0.15) is 39.5 Å². The molecule has 0 aliphatic rings. The van der Waals surface area contributed by atoms with Crippen LogP contribution in [0.3, 0.4) is 0 Å². The van der Waals surface area contributed by atoms with E-state index in [-0.39, 0.29) is 37.2 Å². The normalized spacial score (nSPS) is 12.3. The van der Waals surface area contributed by atoms with Crippen LogP contribution in [0, 0.1) is 0 Å². The van der Waals surface area contributed by atoms with Gasteiger partial charge in [-0.05, 0) is 42.8 Å². The standard InChI is InChI=1S/C32H35N3O10/c1-3-26(34-31(39)42-23-16-10-6-11-17-23)44-28(36)21-20-25(33-30(38)41-22-14-8-5-9-15-22)29(37)45-27(4-2)35-32(40)43-24-18-12-7-13-19-24/h5-19,25-27H,3-4,20-21H2,1-2H3,(H,33,38)(H,34,39)(H,35,40). The molecule has 0 saturated carbocycles. The van der Waals surface area contributed by atoms with Gasteiger partial charge in [-0.25, -0.2) is 19.2 Å².